The van der Waals surface area contributed by atoms with Crippen LogP contribution in [-0.4, -0.2) is 22.2 Å². The summed E-state index contributed by atoms with van der Waals surface area (Å²) < 4.78 is 25.4. The summed E-state index contributed by atoms with van der Waals surface area (Å²) in [6, 6.07) is 19.0. The topological polar surface area (TPSA) is 77.5 Å². The number of hydrogen-bond acceptors (Lipinski definition) is 5. The van der Waals surface area contributed by atoms with Gasteiger partial charge in [0.25, 0.3) is 5.91 Å². The van der Waals surface area contributed by atoms with Gasteiger partial charge in [-0.1, -0.05) is 30.3 Å². The maximum absolute atomic E-state index is 11.8. The summed E-state index contributed by atoms with van der Waals surface area (Å²) in [6.45, 7) is 0.393. The second-order valence-corrected chi connectivity index (χ2v) is 7.50. The molecular formula is C22H18N2O4S. The third-order valence-corrected chi connectivity index (χ3v) is 5.54. The Kier molecular flexibility index (Phi) is 5.39. The van der Waals surface area contributed by atoms with Gasteiger partial charge < -0.3 is 9.47 Å². The average Bonchev–Trinajstić information content (AvgIpc) is 3.10. The molecule has 0 fully saturated rings. The number of hydrogen-bond donors (Lipinski definition) is 1. The molecular weight excluding hydrogens is 388 g/mol. The molecule has 1 N–H and O–H groups in total. The van der Waals surface area contributed by atoms with Crippen LogP contribution in [-0.2, 0) is 22.4 Å². The predicted molar refractivity (Wildman–Crippen MR) is 111 cm³/mol. The number of rotatable bonds is 6. The average molecular weight is 406 g/mol. The van der Waals surface area contributed by atoms with Crippen LogP contribution in [0.15, 0.2) is 72.9 Å². The Hall–Kier alpha value is -3.45. The number of benzene rings is 2. The molecule has 4 rings (SSSR count). The predicted octanol–water partition coefficient (Wildman–Crippen LogP) is 3.47. The first-order chi connectivity index (χ1) is 14.1. The number of carbonyl (C=O) groups excluding carboxylic acids is 1. The van der Waals surface area contributed by atoms with Gasteiger partial charge in [0, 0.05) is 17.8 Å². The molecule has 0 saturated heterocycles. The Morgan fingerprint density at radius 2 is 1.86 bits per heavy atom. The molecule has 1 aliphatic heterocycles. The monoisotopic (exact) mass is 406 g/mol. The molecule has 0 radical (unpaired) electrons. The highest BCUT2D eigenvalue weighted by Gasteiger charge is 2.20. The van der Waals surface area contributed by atoms with Crippen molar-refractivity contribution in [3.8, 4) is 22.8 Å². The van der Waals surface area contributed by atoms with Gasteiger partial charge in [0.05, 0.1) is 12.0 Å². The van der Waals surface area contributed by atoms with Gasteiger partial charge in [-0.25, -0.2) is 9.19 Å². The van der Waals surface area contributed by atoms with E-state index in [1.54, 1.807) is 37.6 Å². The van der Waals surface area contributed by atoms with E-state index in [0.717, 1.165) is 22.3 Å². The molecule has 6 nitrogen and oxygen atoms in total. The van der Waals surface area contributed by atoms with Gasteiger partial charge in [-0.15, -0.1) is 0 Å². The van der Waals surface area contributed by atoms with E-state index in [9.17, 15) is 9.00 Å². The number of amides is 1. The van der Waals surface area contributed by atoms with Crippen molar-refractivity contribution in [2.75, 3.05) is 7.11 Å². The lowest BCUT2D eigenvalue weighted by molar-refractivity contribution is -0.114. The minimum Gasteiger partial charge on any atom is -0.489 e. The number of pyridine rings is 1. The fourth-order valence-corrected chi connectivity index (χ4v) is 3.94. The second-order valence-electron chi connectivity index (χ2n) is 6.32. The Labute approximate surface area is 170 Å². The van der Waals surface area contributed by atoms with Gasteiger partial charge in [0.1, 0.15) is 12.4 Å². The van der Waals surface area contributed by atoms with Crippen molar-refractivity contribution in [2.24, 2.45) is 0 Å². The fraction of sp³-hybridized carbons (Fsp3) is 0.0909. The van der Waals surface area contributed by atoms with E-state index in [-0.39, 0.29) is 5.91 Å². The van der Waals surface area contributed by atoms with Crippen LogP contribution in [0.1, 0.15) is 11.1 Å². The zero-order valence-electron chi connectivity index (χ0n) is 15.6. The summed E-state index contributed by atoms with van der Waals surface area (Å²) in [5, 5.41) is 0. The summed E-state index contributed by atoms with van der Waals surface area (Å²) in [6.07, 6.45) is 3.05. The third kappa shape index (κ3) is 4.20. The van der Waals surface area contributed by atoms with Crippen molar-refractivity contribution in [3.05, 3.63) is 84.1 Å². The molecule has 1 aliphatic rings. The van der Waals surface area contributed by atoms with Crippen LogP contribution in [0.2, 0.25) is 0 Å². The van der Waals surface area contributed by atoms with Crippen molar-refractivity contribution in [1.82, 2.24) is 9.71 Å². The minimum atomic E-state index is -1.50. The zero-order chi connectivity index (χ0) is 20.2. The number of aromatic nitrogens is 1. The molecule has 0 aliphatic carbocycles. The normalized spacial score (nSPS) is 15.6. The van der Waals surface area contributed by atoms with E-state index < -0.39 is 11.0 Å². The van der Waals surface area contributed by atoms with E-state index in [4.69, 9.17) is 9.47 Å². The molecule has 0 saturated carbocycles. The van der Waals surface area contributed by atoms with Crippen LogP contribution in [0.4, 0.5) is 0 Å². The van der Waals surface area contributed by atoms with Crippen LogP contribution in [0, 0.1) is 0 Å². The van der Waals surface area contributed by atoms with Crippen LogP contribution in [0.25, 0.3) is 16.0 Å². The maximum Gasteiger partial charge on any atom is 0.257 e. The van der Waals surface area contributed by atoms with Gasteiger partial charge >= 0.3 is 0 Å². The standard InChI is InChI=1S/C22H18N2O4S/c1-27-22-19(6-3-11-23-22)17-5-2-4-15(12-17)14-28-18-9-7-16(8-10-18)20-13-21(25)24-29(20)26/h2-13H,14H2,1H3,(H,24,25). The third-order valence-electron chi connectivity index (χ3n) is 4.40. The minimum absolute atomic E-state index is 0.344. The molecule has 2 aromatic carbocycles. The molecule has 3 aromatic rings. The van der Waals surface area contributed by atoms with Gasteiger partial charge in [0.15, 0.2) is 11.0 Å². The van der Waals surface area contributed by atoms with E-state index in [1.165, 1.54) is 6.08 Å². The molecule has 0 spiro atoms. The number of ether oxygens (including phenoxy) is 2. The highest BCUT2D eigenvalue weighted by atomic mass is 32.2. The number of carbonyl (C=O) groups is 1. The van der Waals surface area contributed by atoms with Crippen molar-refractivity contribution in [3.63, 3.8) is 0 Å². The Morgan fingerprint density at radius 1 is 1.03 bits per heavy atom. The first kappa shape index (κ1) is 18.9. The summed E-state index contributed by atoms with van der Waals surface area (Å²) in [5.74, 6) is 0.915. The number of methoxy groups -OCH3 is 1. The van der Waals surface area contributed by atoms with Crippen molar-refractivity contribution < 1.29 is 18.5 Å². The van der Waals surface area contributed by atoms with Crippen molar-refractivity contribution >= 4 is 21.8 Å². The zero-order valence-corrected chi connectivity index (χ0v) is 16.4. The molecule has 1 aromatic heterocycles. The number of nitrogens with zero attached hydrogens (tertiary/aromatic N) is 1. The Morgan fingerprint density at radius 3 is 2.59 bits per heavy atom. The van der Waals surface area contributed by atoms with Crippen LogP contribution < -0.4 is 14.2 Å². The molecule has 1 unspecified atom stereocenters. The lowest BCUT2D eigenvalue weighted by Gasteiger charge is -2.10. The fourth-order valence-electron chi connectivity index (χ4n) is 3.02. The lowest BCUT2D eigenvalue weighted by Crippen LogP contribution is -2.16. The Bertz CT molecular complexity index is 1110. The van der Waals surface area contributed by atoms with Gasteiger partial charge in [0.2, 0.25) is 5.88 Å². The molecule has 0 bridgehead atoms. The molecule has 146 valence electrons. The van der Waals surface area contributed by atoms with Gasteiger partial charge in [-0.2, -0.15) is 0 Å². The smallest absolute Gasteiger partial charge is 0.257 e. The van der Waals surface area contributed by atoms with Crippen LogP contribution in [0.5, 0.6) is 11.6 Å². The summed E-state index contributed by atoms with van der Waals surface area (Å²) in [5.41, 5.74) is 3.65. The van der Waals surface area contributed by atoms with Crippen molar-refractivity contribution in [2.45, 2.75) is 6.61 Å². The summed E-state index contributed by atoms with van der Waals surface area (Å²) in [4.78, 5) is 16.0. The number of nitrogens with one attached hydrogen (secondary N) is 1. The first-order valence-corrected chi connectivity index (χ1v) is 10.0. The highest BCUT2D eigenvalue weighted by Crippen LogP contribution is 2.28. The SMILES string of the molecule is COc1ncccc1-c1cccc(COc2ccc(C3=CC(=O)NS3=O)cc2)c1. The lowest BCUT2D eigenvalue weighted by atomic mass is 10.0. The summed E-state index contributed by atoms with van der Waals surface area (Å²) >= 11 is 0. The quantitative estimate of drug-likeness (QED) is 0.678. The molecule has 1 atom stereocenters. The second kappa shape index (κ2) is 8.28. The maximum atomic E-state index is 11.8. The first-order valence-electron chi connectivity index (χ1n) is 8.89. The van der Waals surface area contributed by atoms with E-state index in [0.29, 0.717) is 23.1 Å². The molecule has 2 heterocycles. The summed E-state index contributed by atoms with van der Waals surface area (Å²) in [7, 11) is 0.103. The van der Waals surface area contributed by atoms with Crippen LogP contribution in [0.3, 0.4) is 0 Å². The largest absolute Gasteiger partial charge is 0.489 e. The van der Waals surface area contributed by atoms with E-state index in [1.807, 2.05) is 36.4 Å². The van der Waals surface area contributed by atoms with Gasteiger partial charge in [-0.05, 0) is 47.0 Å². The Balaban J connectivity index is 1.46. The van der Waals surface area contributed by atoms with Gasteiger partial charge in [-0.3, -0.25) is 9.52 Å². The van der Waals surface area contributed by atoms with E-state index in [2.05, 4.69) is 9.71 Å². The highest BCUT2D eigenvalue weighted by molar-refractivity contribution is 7.93. The molecule has 1 amide bonds. The van der Waals surface area contributed by atoms with Crippen LogP contribution >= 0.6 is 0 Å². The van der Waals surface area contributed by atoms with Crippen molar-refractivity contribution in [1.29, 1.82) is 0 Å². The molecule has 29 heavy (non-hydrogen) atoms. The van der Waals surface area contributed by atoms with E-state index >= 15 is 0 Å². The molecule has 7 heteroatoms.